The number of aromatic nitrogens is 1. The summed E-state index contributed by atoms with van der Waals surface area (Å²) >= 11 is 0. The molecule has 60 valence electrons. The van der Waals surface area contributed by atoms with Gasteiger partial charge >= 0.3 is 0 Å². The molecule has 0 N–H and O–H groups in total. The Morgan fingerprint density at radius 2 is 2.09 bits per heavy atom. The van der Waals surface area contributed by atoms with Crippen molar-refractivity contribution in [3.05, 3.63) is 24.5 Å². The smallest absolute Gasteiger partial charge is 0.120 e. The van der Waals surface area contributed by atoms with E-state index in [0.717, 1.165) is 12.7 Å². The van der Waals surface area contributed by atoms with Gasteiger partial charge in [0, 0.05) is 24.9 Å². The maximum Gasteiger partial charge on any atom is 0.120 e. The minimum Gasteiger partial charge on any atom is -0.352 e. The average Bonchev–Trinajstić information content (AvgIpc) is 2.52. The Morgan fingerprint density at radius 3 is 2.64 bits per heavy atom. The molecule has 0 saturated heterocycles. The van der Waals surface area contributed by atoms with Crippen LogP contribution in [0.1, 0.15) is 25.8 Å². The van der Waals surface area contributed by atoms with E-state index < -0.39 is 0 Å². The molecule has 1 heterocycles. The molecular formula is C9H13NO. The zero-order valence-electron chi connectivity index (χ0n) is 6.73. The highest BCUT2D eigenvalue weighted by molar-refractivity contribution is 5.49. The van der Waals surface area contributed by atoms with Gasteiger partial charge in [0.15, 0.2) is 0 Å². The van der Waals surface area contributed by atoms with Gasteiger partial charge in [0.25, 0.3) is 0 Å². The lowest BCUT2D eigenvalue weighted by molar-refractivity contribution is -0.108. The normalized spacial score (nSPS) is 12.8. The van der Waals surface area contributed by atoms with Crippen LogP contribution in [0.3, 0.4) is 0 Å². The van der Waals surface area contributed by atoms with Crippen molar-refractivity contribution >= 4 is 6.29 Å². The molecule has 0 fully saturated rings. The van der Waals surface area contributed by atoms with Crippen LogP contribution in [0.4, 0.5) is 0 Å². The van der Waals surface area contributed by atoms with Crippen LogP contribution in [0, 0.1) is 0 Å². The predicted molar refractivity (Wildman–Crippen MR) is 44.4 cm³/mol. The van der Waals surface area contributed by atoms with Crippen LogP contribution in [0.2, 0.25) is 0 Å². The maximum absolute atomic E-state index is 10.1. The van der Waals surface area contributed by atoms with Crippen molar-refractivity contribution in [1.82, 2.24) is 4.57 Å². The van der Waals surface area contributed by atoms with Gasteiger partial charge in [-0.2, -0.15) is 0 Å². The lowest BCUT2D eigenvalue weighted by Gasteiger charge is -2.10. The van der Waals surface area contributed by atoms with Gasteiger partial charge in [-0.15, -0.1) is 0 Å². The lowest BCUT2D eigenvalue weighted by Crippen LogP contribution is -2.01. The highest BCUT2D eigenvalue weighted by Crippen LogP contribution is 2.11. The molecule has 0 aliphatic rings. The van der Waals surface area contributed by atoms with E-state index in [0.29, 0.717) is 12.5 Å². The van der Waals surface area contributed by atoms with E-state index in [4.69, 9.17) is 0 Å². The summed E-state index contributed by atoms with van der Waals surface area (Å²) in [6.07, 6.45) is 6.60. The first-order valence-corrected chi connectivity index (χ1v) is 3.90. The van der Waals surface area contributed by atoms with E-state index in [-0.39, 0.29) is 0 Å². The first-order chi connectivity index (χ1) is 5.34. The van der Waals surface area contributed by atoms with E-state index in [1.165, 1.54) is 0 Å². The van der Waals surface area contributed by atoms with E-state index in [9.17, 15) is 4.79 Å². The van der Waals surface area contributed by atoms with Crippen molar-refractivity contribution in [2.75, 3.05) is 0 Å². The summed E-state index contributed by atoms with van der Waals surface area (Å²) in [7, 11) is 0. The highest BCUT2D eigenvalue weighted by Gasteiger charge is 2.00. The number of hydrogen-bond acceptors (Lipinski definition) is 1. The molecule has 1 rings (SSSR count). The molecule has 0 unspecified atom stereocenters. The molecule has 1 aromatic heterocycles. The van der Waals surface area contributed by atoms with E-state index in [2.05, 4.69) is 11.5 Å². The third-order valence-electron chi connectivity index (χ3n) is 1.84. The Kier molecular flexibility index (Phi) is 2.90. The van der Waals surface area contributed by atoms with Crippen LogP contribution in [-0.4, -0.2) is 10.9 Å². The Morgan fingerprint density at radius 1 is 1.45 bits per heavy atom. The topological polar surface area (TPSA) is 22.0 Å². The molecule has 11 heavy (non-hydrogen) atoms. The Balaban J connectivity index is 2.42. The SMILES string of the molecule is C[C@@H](CCC=O)n1cccc1. The van der Waals surface area contributed by atoms with Gasteiger partial charge in [-0.05, 0) is 25.5 Å². The van der Waals surface area contributed by atoms with Crippen molar-refractivity contribution in [2.45, 2.75) is 25.8 Å². The Hall–Kier alpha value is -1.05. The second kappa shape index (κ2) is 3.96. The molecule has 0 amide bonds. The van der Waals surface area contributed by atoms with Crippen molar-refractivity contribution in [3.63, 3.8) is 0 Å². The summed E-state index contributed by atoms with van der Waals surface area (Å²) < 4.78 is 2.11. The highest BCUT2D eigenvalue weighted by atomic mass is 16.1. The molecule has 0 aliphatic heterocycles. The van der Waals surface area contributed by atoms with Crippen molar-refractivity contribution in [3.8, 4) is 0 Å². The standard InChI is InChI=1S/C9H13NO/c1-9(5-4-8-11)10-6-2-3-7-10/h2-3,6-9H,4-5H2,1H3/t9-/m0/s1. The first kappa shape index (κ1) is 8.05. The summed E-state index contributed by atoms with van der Waals surface area (Å²) in [5, 5.41) is 0. The quantitative estimate of drug-likeness (QED) is 0.603. The van der Waals surface area contributed by atoms with Crippen LogP contribution in [0.25, 0.3) is 0 Å². The molecule has 0 radical (unpaired) electrons. The third-order valence-corrected chi connectivity index (χ3v) is 1.84. The number of nitrogens with zero attached hydrogens (tertiary/aromatic N) is 1. The molecule has 0 aliphatic carbocycles. The van der Waals surface area contributed by atoms with Crippen LogP contribution in [0.15, 0.2) is 24.5 Å². The van der Waals surface area contributed by atoms with Crippen LogP contribution >= 0.6 is 0 Å². The number of hydrogen-bond donors (Lipinski definition) is 0. The second-order valence-corrected chi connectivity index (χ2v) is 2.72. The summed E-state index contributed by atoms with van der Waals surface area (Å²) in [6.45, 7) is 2.11. The average molecular weight is 151 g/mol. The summed E-state index contributed by atoms with van der Waals surface area (Å²) in [6, 6.07) is 4.43. The van der Waals surface area contributed by atoms with Crippen LogP contribution in [-0.2, 0) is 4.79 Å². The molecule has 2 heteroatoms. The zero-order chi connectivity index (χ0) is 8.10. The fourth-order valence-corrected chi connectivity index (χ4v) is 1.10. The van der Waals surface area contributed by atoms with Gasteiger partial charge in [-0.25, -0.2) is 0 Å². The van der Waals surface area contributed by atoms with E-state index in [1.807, 2.05) is 24.5 Å². The van der Waals surface area contributed by atoms with Crippen LogP contribution in [0.5, 0.6) is 0 Å². The van der Waals surface area contributed by atoms with Gasteiger partial charge in [0.2, 0.25) is 0 Å². The predicted octanol–water partition coefficient (Wildman–Crippen LogP) is 2.03. The number of aldehydes is 1. The fourth-order valence-electron chi connectivity index (χ4n) is 1.10. The molecule has 2 nitrogen and oxygen atoms in total. The minimum absolute atomic E-state index is 0.440. The lowest BCUT2D eigenvalue weighted by atomic mass is 10.2. The molecule has 0 spiro atoms. The van der Waals surface area contributed by atoms with Gasteiger partial charge in [-0.3, -0.25) is 0 Å². The van der Waals surface area contributed by atoms with Crippen molar-refractivity contribution < 1.29 is 4.79 Å². The first-order valence-electron chi connectivity index (χ1n) is 3.90. The monoisotopic (exact) mass is 151 g/mol. The number of carbonyl (C=O) groups excluding carboxylic acids is 1. The van der Waals surface area contributed by atoms with Gasteiger partial charge < -0.3 is 9.36 Å². The Bertz CT molecular complexity index is 203. The fraction of sp³-hybridized carbons (Fsp3) is 0.444. The molecule has 1 atom stereocenters. The third kappa shape index (κ3) is 2.22. The maximum atomic E-state index is 10.1. The zero-order valence-corrected chi connectivity index (χ0v) is 6.73. The molecular weight excluding hydrogens is 138 g/mol. The van der Waals surface area contributed by atoms with Gasteiger partial charge in [0.05, 0.1) is 0 Å². The molecule has 0 saturated carbocycles. The Labute approximate surface area is 66.8 Å². The molecule has 0 bridgehead atoms. The summed E-state index contributed by atoms with van der Waals surface area (Å²) in [4.78, 5) is 10.1. The summed E-state index contributed by atoms with van der Waals surface area (Å²) in [5.74, 6) is 0. The second-order valence-electron chi connectivity index (χ2n) is 2.72. The van der Waals surface area contributed by atoms with Gasteiger partial charge in [-0.1, -0.05) is 0 Å². The van der Waals surface area contributed by atoms with Gasteiger partial charge in [0.1, 0.15) is 6.29 Å². The minimum atomic E-state index is 0.440. The molecule has 1 aromatic rings. The summed E-state index contributed by atoms with van der Waals surface area (Å²) in [5.41, 5.74) is 0. The molecule has 0 aromatic carbocycles. The van der Waals surface area contributed by atoms with Crippen molar-refractivity contribution in [2.24, 2.45) is 0 Å². The van der Waals surface area contributed by atoms with Crippen molar-refractivity contribution in [1.29, 1.82) is 0 Å². The number of carbonyl (C=O) groups is 1. The van der Waals surface area contributed by atoms with E-state index >= 15 is 0 Å². The van der Waals surface area contributed by atoms with Crippen LogP contribution < -0.4 is 0 Å². The largest absolute Gasteiger partial charge is 0.352 e. The number of rotatable bonds is 4. The van der Waals surface area contributed by atoms with E-state index in [1.54, 1.807) is 0 Å².